The van der Waals surface area contributed by atoms with Crippen LogP contribution < -0.4 is 0 Å². The van der Waals surface area contributed by atoms with Gasteiger partial charge in [-0.2, -0.15) is 13.2 Å². The van der Waals surface area contributed by atoms with E-state index < -0.39 is 6.18 Å². The van der Waals surface area contributed by atoms with E-state index in [1.807, 2.05) is 0 Å². The summed E-state index contributed by atoms with van der Waals surface area (Å²) in [6.07, 6.45) is -0.178. The van der Waals surface area contributed by atoms with Crippen molar-refractivity contribution in [3.05, 3.63) is 24.3 Å². The largest absolute Gasteiger partial charge is 0.409 e. The van der Waals surface area contributed by atoms with Crippen molar-refractivity contribution >= 4 is 0 Å². The number of hydrogen-bond donors (Lipinski definition) is 0. The maximum atomic E-state index is 11.3. The van der Waals surface area contributed by atoms with Gasteiger partial charge in [-0.05, 0) is 6.92 Å². The van der Waals surface area contributed by atoms with E-state index in [1.54, 1.807) is 6.92 Å². The fourth-order valence-corrected chi connectivity index (χ4v) is 0.276. The van der Waals surface area contributed by atoms with Crippen LogP contribution in [0.1, 0.15) is 6.92 Å². The second-order valence-electron chi connectivity index (χ2n) is 1.43. The Kier molecular flexibility index (Phi) is 3.06. The van der Waals surface area contributed by atoms with Gasteiger partial charge >= 0.3 is 6.18 Å². The van der Waals surface area contributed by atoms with Crippen LogP contribution in [-0.4, -0.2) is 6.18 Å². The van der Waals surface area contributed by atoms with Crippen molar-refractivity contribution < 1.29 is 13.2 Å². The lowest BCUT2D eigenvalue weighted by Crippen LogP contribution is -1.99. The van der Waals surface area contributed by atoms with E-state index in [0.717, 1.165) is 6.08 Å². The number of alkyl halides is 3. The molecule has 0 aliphatic rings. The Hall–Kier alpha value is -0.730. The Labute approximate surface area is 51.7 Å². The van der Waals surface area contributed by atoms with Gasteiger partial charge in [0.05, 0.1) is 0 Å². The van der Waals surface area contributed by atoms with Crippen molar-refractivity contribution in [2.75, 3.05) is 0 Å². The summed E-state index contributed by atoms with van der Waals surface area (Å²) in [5.74, 6) is 0. The SMILES string of the molecule is CC=CC=CC(F)(F)F. The molecule has 52 valence electrons. The van der Waals surface area contributed by atoms with Crippen molar-refractivity contribution in [3.63, 3.8) is 0 Å². The summed E-state index contributed by atoms with van der Waals surface area (Å²) < 4.78 is 33.8. The van der Waals surface area contributed by atoms with Crippen molar-refractivity contribution in [2.24, 2.45) is 0 Å². The minimum Gasteiger partial charge on any atom is -0.167 e. The van der Waals surface area contributed by atoms with E-state index in [0.29, 0.717) is 0 Å². The molecule has 0 fully saturated rings. The Balaban J connectivity index is 3.71. The number of hydrogen-bond acceptors (Lipinski definition) is 0. The Morgan fingerprint density at radius 1 is 1.11 bits per heavy atom. The Bertz CT molecular complexity index is 119. The van der Waals surface area contributed by atoms with E-state index in [2.05, 4.69) is 0 Å². The predicted molar refractivity (Wildman–Crippen MR) is 30.0 cm³/mol. The molecule has 0 rings (SSSR count). The molecule has 0 aromatic rings. The normalized spacial score (nSPS) is 13.8. The van der Waals surface area contributed by atoms with Crippen LogP contribution in [0.15, 0.2) is 24.3 Å². The lowest BCUT2D eigenvalue weighted by atomic mass is 10.4. The maximum Gasteiger partial charge on any atom is 0.409 e. The first-order valence-corrected chi connectivity index (χ1v) is 2.43. The molecule has 0 saturated heterocycles. The molecular formula is C6H7F3. The fraction of sp³-hybridized carbons (Fsp3) is 0.333. The minimum absolute atomic E-state index is 0.188. The van der Waals surface area contributed by atoms with Gasteiger partial charge in [-0.15, -0.1) is 0 Å². The molecule has 0 amide bonds. The fourth-order valence-electron chi connectivity index (χ4n) is 0.276. The van der Waals surface area contributed by atoms with E-state index in [9.17, 15) is 13.2 Å². The zero-order valence-corrected chi connectivity index (χ0v) is 4.94. The molecule has 0 aliphatic heterocycles. The highest BCUT2D eigenvalue weighted by Gasteiger charge is 2.20. The third-order valence-electron chi connectivity index (χ3n) is 0.589. The molecule has 0 unspecified atom stereocenters. The van der Waals surface area contributed by atoms with Crippen LogP contribution in [0.25, 0.3) is 0 Å². The number of halogens is 3. The molecule has 0 bridgehead atoms. The van der Waals surface area contributed by atoms with Gasteiger partial charge in [-0.3, -0.25) is 0 Å². The lowest BCUT2D eigenvalue weighted by Gasteiger charge is -1.93. The molecule has 0 heterocycles. The lowest BCUT2D eigenvalue weighted by molar-refractivity contribution is -0.0798. The van der Waals surface area contributed by atoms with Gasteiger partial charge < -0.3 is 0 Å². The van der Waals surface area contributed by atoms with Gasteiger partial charge in [-0.1, -0.05) is 18.2 Å². The van der Waals surface area contributed by atoms with E-state index in [1.165, 1.54) is 12.2 Å². The summed E-state index contributed by atoms with van der Waals surface area (Å²) in [5.41, 5.74) is 0. The highest BCUT2D eigenvalue weighted by Crippen LogP contribution is 2.15. The van der Waals surface area contributed by atoms with Crippen molar-refractivity contribution in [2.45, 2.75) is 13.1 Å². The quantitative estimate of drug-likeness (QED) is 0.486. The number of rotatable bonds is 1. The predicted octanol–water partition coefficient (Wildman–Crippen LogP) is 2.68. The maximum absolute atomic E-state index is 11.3. The third kappa shape index (κ3) is 7.27. The van der Waals surface area contributed by atoms with E-state index in [4.69, 9.17) is 0 Å². The Morgan fingerprint density at radius 3 is 2.00 bits per heavy atom. The summed E-state index contributed by atoms with van der Waals surface area (Å²) in [6, 6.07) is 0. The zero-order chi connectivity index (χ0) is 7.33. The second-order valence-corrected chi connectivity index (χ2v) is 1.43. The summed E-state index contributed by atoms with van der Waals surface area (Å²) in [4.78, 5) is 0. The molecule has 0 atom stereocenters. The molecule has 0 nitrogen and oxygen atoms in total. The Morgan fingerprint density at radius 2 is 1.67 bits per heavy atom. The molecule has 0 aliphatic carbocycles. The average molecular weight is 136 g/mol. The summed E-state index contributed by atoms with van der Waals surface area (Å²) in [7, 11) is 0. The average Bonchev–Trinajstić information content (AvgIpc) is 1.63. The highest BCUT2D eigenvalue weighted by molar-refractivity contribution is 5.03. The van der Waals surface area contributed by atoms with Gasteiger partial charge in [0.15, 0.2) is 0 Å². The molecular weight excluding hydrogens is 129 g/mol. The molecule has 0 spiro atoms. The first kappa shape index (κ1) is 8.27. The zero-order valence-electron chi connectivity index (χ0n) is 4.94. The smallest absolute Gasteiger partial charge is 0.167 e. The van der Waals surface area contributed by atoms with Crippen molar-refractivity contribution in [1.82, 2.24) is 0 Å². The monoisotopic (exact) mass is 136 g/mol. The van der Waals surface area contributed by atoms with E-state index in [-0.39, 0.29) is 6.08 Å². The van der Waals surface area contributed by atoms with Crippen LogP contribution in [0.5, 0.6) is 0 Å². The van der Waals surface area contributed by atoms with Gasteiger partial charge in [0.2, 0.25) is 0 Å². The highest BCUT2D eigenvalue weighted by atomic mass is 19.4. The van der Waals surface area contributed by atoms with E-state index >= 15 is 0 Å². The van der Waals surface area contributed by atoms with Crippen LogP contribution >= 0.6 is 0 Å². The second kappa shape index (κ2) is 3.33. The van der Waals surface area contributed by atoms with Crippen molar-refractivity contribution in [3.8, 4) is 0 Å². The van der Waals surface area contributed by atoms with Crippen LogP contribution in [-0.2, 0) is 0 Å². The van der Waals surface area contributed by atoms with Crippen LogP contribution in [0.2, 0.25) is 0 Å². The summed E-state index contributed by atoms with van der Waals surface area (Å²) in [5, 5.41) is 0. The van der Waals surface area contributed by atoms with Crippen molar-refractivity contribution in [1.29, 1.82) is 0 Å². The van der Waals surface area contributed by atoms with Gasteiger partial charge in [-0.25, -0.2) is 0 Å². The molecule has 0 aromatic carbocycles. The van der Waals surface area contributed by atoms with Gasteiger partial charge in [0.1, 0.15) is 0 Å². The van der Waals surface area contributed by atoms with Crippen LogP contribution in [0.4, 0.5) is 13.2 Å². The van der Waals surface area contributed by atoms with Gasteiger partial charge in [0, 0.05) is 6.08 Å². The third-order valence-corrected chi connectivity index (χ3v) is 0.589. The molecule has 0 saturated carbocycles. The number of allylic oxidation sites excluding steroid dienone is 4. The molecule has 9 heavy (non-hydrogen) atoms. The molecule has 0 N–H and O–H groups in total. The van der Waals surface area contributed by atoms with Gasteiger partial charge in [0.25, 0.3) is 0 Å². The molecule has 0 aromatic heterocycles. The standard InChI is InChI=1S/C6H7F3/c1-2-3-4-5-6(7,8)9/h2-5H,1H3. The topological polar surface area (TPSA) is 0 Å². The first-order chi connectivity index (χ1) is 4.06. The first-order valence-electron chi connectivity index (χ1n) is 2.43. The summed E-state index contributed by atoms with van der Waals surface area (Å²) in [6.45, 7) is 1.65. The summed E-state index contributed by atoms with van der Waals surface area (Å²) >= 11 is 0. The van der Waals surface area contributed by atoms with Crippen LogP contribution in [0, 0.1) is 0 Å². The van der Waals surface area contributed by atoms with Crippen LogP contribution in [0.3, 0.4) is 0 Å². The molecule has 3 heteroatoms. The molecule has 0 radical (unpaired) electrons. The minimum atomic E-state index is -4.18.